The first kappa shape index (κ1) is 13.0. The molecule has 1 aromatic carbocycles. The van der Waals surface area contributed by atoms with Gasteiger partial charge in [0.05, 0.1) is 12.9 Å². The lowest BCUT2D eigenvalue weighted by molar-refractivity contribution is 0.311. The van der Waals surface area contributed by atoms with Gasteiger partial charge in [0.15, 0.2) is 0 Å². The Balaban J connectivity index is 2.21. The Morgan fingerprint density at radius 1 is 1.50 bits per heavy atom. The van der Waals surface area contributed by atoms with Crippen LogP contribution in [0.1, 0.15) is 12.0 Å². The summed E-state index contributed by atoms with van der Waals surface area (Å²) in [5.41, 5.74) is 1.02. The maximum atomic E-state index is 10.8. The van der Waals surface area contributed by atoms with E-state index in [0.717, 1.165) is 17.6 Å². The SMILES string of the molecule is Cc1[c]ccc(OCCCNS(C)(=O)=O)c1. The van der Waals surface area contributed by atoms with Crippen LogP contribution in [0.4, 0.5) is 0 Å². The van der Waals surface area contributed by atoms with E-state index in [4.69, 9.17) is 4.74 Å². The summed E-state index contributed by atoms with van der Waals surface area (Å²) in [6.07, 6.45) is 1.79. The fourth-order valence-corrected chi connectivity index (χ4v) is 1.68. The van der Waals surface area contributed by atoms with Gasteiger partial charge >= 0.3 is 0 Å². The van der Waals surface area contributed by atoms with E-state index < -0.39 is 10.0 Å². The first-order valence-electron chi connectivity index (χ1n) is 5.03. The number of ether oxygens (including phenoxy) is 1. The number of aryl methyl sites for hydroxylation is 1. The lowest BCUT2D eigenvalue weighted by Gasteiger charge is -2.06. The average Bonchev–Trinajstić information content (AvgIpc) is 2.15. The minimum absolute atomic E-state index is 0.400. The van der Waals surface area contributed by atoms with Gasteiger partial charge in [-0.05, 0) is 37.1 Å². The largest absolute Gasteiger partial charge is 0.494 e. The van der Waals surface area contributed by atoms with E-state index >= 15 is 0 Å². The number of hydrogen-bond donors (Lipinski definition) is 1. The highest BCUT2D eigenvalue weighted by Gasteiger charge is 1.99. The van der Waals surface area contributed by atoms with Gasteiger partial charge in [-0.15, -0.1) is 0 Å². The Morgan fingerprint density at radius 3 is 2.88 bits per heavy atom. The third kappa shape index (κ3) is 5.72. The van der Waals surface area contributed by atoms with Gasteiger partial charge in [0.2, 0.25) is 10.0 Å². The fraction of sp³-hybridized carbons (Fsp3) is 0.455. The van der Waals surface area contributed by atoms with E-state index in [1.165, 1.54) is 0 Å². The Bertz CT molecular complexity index is 429. The number of sulfonamides is 1. The highest BCUT2D eigenvalue weighted by atomic mass is 32.2. The van der Waals surface area contributed by atoms with Crippen LogP contribution in [0, 0.1) is 13.0 Å². The molecular formula is C11H16NO3S. The normalized spacial score (nSPS) is 11.4. The molecule has 0 aliphatic heterocycles. The van der Waals surface area contributed by atoms with Crippen LogP contribution in [0.15, 0.2) is 18.2 Å². The highest BCUT2D eigenvalue weighted by molar-refractivity contribution is 7.88. The quantitative estimate of drug-likeness (QED) is 0.760. The molecule has 1 N–H and O–H groups in total. The summed E-state index contributed by atoms with van der Waals surface area (Å²) in [5.74, 6) is 0.788. The third-order valence-corrected chi connectivity index (χ3v) is 2.60. The van der Waals surface area contributed by atoms with Crippen molar-refractivity contribution in [2.75, 3.05) is 19.4 Å². The van der Waals surface area contributed by atoms with Crippen LogP contribution < -0.4 is 9.46 Å². The van der Waals surface area contributed by atoms with Crippen molar-refractivity contribution >= 4 is 10.0 Å². The predicted molar refractivity (Wildman–Crippen MR) is 63.0 cm³/mol. The van der Waals surface area contributed by atoms with Crippen molar-refractivity contribution in [3.8, 4) is 5.75 Å². The summed E-state index contributed by atoms with van der Waals surface area (Å²) < 4.78 is 29.4. The predicted octanol–water partition coefficient (Wildman–Crippen LogP) is 1.11. The second kappa shape index (κ2) is 5.86. The Kier molecular flexibility index (Phi) is 4.76. The summed E-state index contributed by atoms with van der Waals surface area (Å²) in [4.78, 5) is 0. The van der Waals surface area contributed by atoms with Gasteiger partial charge in [-0.2, -0.15) is 0 Å². The molecule has 0 fully saturated rings. The van der Waals surface area contributed by atoms with Crippen LogP contribution in [-0.4, -0.2) is 27.8 Å². The maximum absolute atomic E-state index is 10.8. The summed E-state index contributed by atoms with van der Waals surface area (Å²) in [6, 6.07) is 8.55. The molecule has 0 aliphatic carbocycles. The molecule has 0 atom stereocenters. The molecule has 0 saturated carbocycles. The van der Waals surface area contributed by atoms with Crippen LogP contribution in [0.2, 0.25) is 0 Å². The smallest absolute Gasteiger partial charge is 0.208 e. The molecule has 0 heterocycles. The molecule has 16 heavy (non-hydrogen) atoms. The number of benzene rings is 1. The summed E-state index contributed by atoms with van der Waals surface area (Å²) >= 11 is 0. The minimum Gasteiger partial charge on any atom is -0.494 e. The average molecular weight is 242 g/mol. The van der Waals surface area contributed by atoms with Gasteiger partial charge in [-0.3, -0.25) is 0 Å². The first-order chi connectivity index (χ1) is 7.47. The molecule has 0 spiro atoms. The molecule has 4 nitrogen and oxygen atoms in total. The van der Waals surface area contributed by atoms with E-state index in [0.29, 0.717) is 19.6 Å². The van der Waals surface area contributed by atoms with E-state index in [2.05, 4.69) is 10.8 Å². The van der Waals surface area contributed by atoms with Crippen molar-refractivity contribution < 1.29 is 13.2 Å². The van der Waals surface area contributed by atoms with Gasteiger partial charge in [0.25, 0.3) is 0 Å². The number of nitrogens with one attached hydrogen (secondary N) is 1. The lowest BCUT2D eigenvalue weighted by Crippen LogP contribution is -2.24. The van der Waals surface area contributed by atoms with Crippen LogP contribution in [0.25, 0.3) is 0 Å². The number of hydrogen-bond acceptors (Lipinski definition) is 3. The standard InChI is InChI=1S/C11H16NO3S/c1-10-5-3-6-11(9-10)15-8-4-7-12-16(2,13)14/h3,6,9,12H,4,7-8H2,1-2H3. The molecule has 1 aromatic rings. The highest BCUT2D eigenvalue weighted by Crippen LogP contribution is 2.11. The second-order valence-electron chi connectivity index (χ2n) is 3.58. The van der Waals surface area contributed by atoms with Crippen LogP contribution in [0.5, 0.6) is 5.75 Å². The van der Waals surface area contributed by atoms with E-state index in [1.54, 1.807) is 6.07 Å². The monoisotopic (exact) mass is 242 g/mol. The first-order valence-corrected chi connectivity index (χ1v) is 6.92. The zero-order valence-electron chi connectivity index (χ0n) is 9.49. The molecule has 89 valence electrons. The van der Waals surface area contributed by atoms with Gasteiger partial charge in [-0.1, -0.05) is 6.07 Å². The second-order valence-corrected chi connectivity index (χ2v) is 5.41. The van der Waals surface area contributed by atoms with Gasteiger partial charge in [0, 0.05) is 6.54 Å². The van der Waals surface area contributed by atoms with E-state index in [-0.39, 0.29) is 0 Å². The molecule has 0 aliphatic rings. The summed E-state index contributed by atoms with van der Waals surface area (Å²) in [7, 11) is -3.09. The van der Waals surface area contributed by atoms with Crippen LogP contribution in [0.3, 0.4) is 0 Å². The minimum atomic E-state index is -3.09. The zero-order valence-corrected chi connectivity index (χ0v) is 10.3. The third-order valence-electron chi connectivity index (χ3n) is 1.87. The van der Waals surface area contributed by atoms with Crippen LogP contribution >= 0.6 is 0 Å². The van der Waals surface area contributed by atoms with Crippen molar-refractivity contribution in [3.05, 3.63) is 29.8 Å². The van der Waals surface area contributed by atoms with Crippen molar-refractivity contribution in [2.45, 2.75) is 13.3 Å². The maximum Gasteiger partial charge on any atom is 0.208 e. The zero-order chi connectivity index (χ0) is 12.0. The summed E-state index contributed by atoms with van der Waals surface area (Å²) in [5, 5.41) is 0. The van der Waals surface area contributed by atoms with E-state index in [1.807, 2.05) is 19.1 Å². The number of rotatable bonds is 6. The van der Waals surface area contributed by atoms with Gasteiger partial charge < -0.3 is 4.74 Å². The van der Waals surface area contributed by atoms with Crippen molar-refractivity contribution in [3.63, 3.8) is 0 Å². The van der Waals surface area contributed by atoms with Gasteiger partial charge in [0.1, 0.15) is 5.75 Å². The molecule has 0 aromatic heterocycles. The van der Waals surface area contributed by atoms with Crippen LogP contribution in [-0.2, 0) is 10.0 Å². The topological polar surface area (TPSA) is 55.4 Å². The Labute approximate surface area is 96.7 Å². The fourth-order valence-electron chi connectivity index (χ4n) is 1.17. The Hall–Kier alpha value is -1.07. The molecule has 5 heteroatoms. The lowest BCUT2D eigenvalue weighted by atomic mass is 10.2. The molecule has 0 amide bonds. The van der Waals surface area contributed by atoms with Crippen molar-refractivity contribution in [1.82, 2.24) is 4.72 Å². The molecule has 1 radical (unpaired) electrons. The molecule has 0 bridgehead atoms. The summed E-state index contributed by atoms with van der Waals surface area (Å²) in [6.45, 7) is 2.83. The molecule has 1 rings (SSSR count). The molecule has 0 saturated heterocycles. The Morgan fingerprint density at radius 2 is 2.25 bits per heavy atom. The molecule has 0 unspecified atom stereocenters. The van der Waals surface area contributed by atoms with E-state index in [9.17, 15) is 8.42 Å². The van der Waals surface area contributed by atoms with Crippen molar-refractivity contribution in [2.24, 2.45) is 0 Å². The molecular weight excluding hydrogens is 226 g/mol. The van der Waals surface area contributed by atoms with Gasteiger partial charge in [-0.25, -0.2) is 13.1 Å². The van der Waals surface area contributed by atoms with Crippen molar-refractivity contribution in [1.29, 1.82) is 0 Å².